The lowest BCUT2D eigenvalue weighted by atomic mass is 10.2. The molecule has 0 aliphatic rings. The molecule has 0 aliphatic heterocycles. The van der Waals surface area contributed by atoms with Gasteiger partial charge in [-0.25, -0.2) is 4.98 Å². The van der Waals surface area contributed by atoms with Crippen LogP contribution in [0.5, 0.6) is 0 Å². The second kappa shape index (κ2) is 8.65. The van der Waals surface area contributed by atoms with Crippen LogP contribution in [0, 0.1) is 0 Å². The van der Waals surface area contributed by atoms with Gasteiger partial charge in [0.15, 0.2) is 0 Å². The third-order valence-corrected chi connectivity index (χ3v) is 3.98. The zero-order valence-corrected chi connectivity index (χ0v) is 15.2. The van der Waals surface area contributed by atoms with Gasteiger partial charge in [0.25, 0.3) is 17.4 Å². The number of nitrogens with two attached hydrogens (primary N) is 1. The molecule has 0 bridgehead atoms. The summed E-state index contributed by atoms with van der Waals surface area (Å²) in [5, 5.41) is 5.34. The molecule has 6 N–H and O–H groups in total. The van der Waals surface area contributed by atoms with Crippen LogP contribution in [0.2, 0.25) is 0 Å². The van der Waals surface area contributed by atoms with Gasteiger partial charge in [0.05, 0.1) is 22.8 Å². The van der Waals surface area contributed by atoms with Gasteiger partial charge < -0.3 is 26.3 Å². The van der Waals surface area contributed by atoms with E-state index in [4.69, 9.17) is 5.73 Å². The summed E-state index contributed by atoms with van der Waals surface area (Å²) in [4.78, 5) is 55.7. The van der Waals surface area contributed by atoms with E-state index >= 15 is 0 Å². The number of amides is 3. The van der Waals surface area contributed by atoms with Crippen molar-refractivity contribution in [2.75, 3.05) is 13.1 Å². The van der Waals surface area contributed by atoms with Gasteiger partial charge >= 0.3 is 0 Å². The van der Waals surface area contributed by atoms with E-state index in [1.165, 1.54) is 18.5 Å². The molecule has 0 saturated carbocycles. The zero-order valence-electron chi connectivity index (χ0n) is 15.2. The van der Waals surface area contributed by atoms with Crippen molar-refractivity contribution in [2.45, 2.75) is 0 Å². The minimum Gasteiger partial charge on any atom is -0.366 e. The molecule has 0 atom stereocenters. The summed E-state index contributed by atoms with van der Waals surface area (Å²) in [5.41, 5.74) is 6.69. The lowest BCUT2D eigenvalue weighted by Crippen LogP contribution is -2.25. The van der Waals surface area contributed by atoms with Crippen LogP contribution in [0.1, 0.15) is 31.2 Å². The highest BCUT2D eigenvalue weighted by Gasteiger charge is 2.10. The van der Waals surface area contributed by atoms with Crippen molar-refractivity contribution in [3.8, 4) is 0 Å². The molecule has 0 fully saturated rings. The number of rotatable bonds is 7. The molecule has 3 aromatic rings. The first-order valence-electron chi connectivity index (χ1n) is 8.63. The number of aromatic amines is 2. The molecule has 0 saturated heterocycles. The molecule has 0 aliphatic carbocycles. The third-order valence-electron chi connectivity index (χ3n) is 3.98. The highest BCUT2D eigenvalue weighted by atomic mass is 16.2. The Morgan fingerprint density at radius 3 is 2.45 bits per heavy atom. The van der Waals surface area contributed by atoms with Crippen LogP contribution in [0.15, 0.2) is 53.6 Å². The molecule has 2 aromatic heterocycles. The van der Waals surface area contributed by atoms with E-state index < -0.39 is 5.91 Å². The van der Waals surface area contributed by atoms with Crippen molar-refractivity contribution in [1.82, 2.24) is 25.6 Å². The molecule has 0 unspecified atom stereocenters. The first-order valence-corrected chi connectivity index (χ1v) is 8.63. The normalized spacial score (nSPS) is 10.9. The van der Waals surface area contributed by atoms with E-state index in [0.717, 1.165) is 0 Å². The van der Waals surface area contributed by atoms with Crippen LogP contribution in [0.3, 0.4) is 0 Å². The maximum absolute atomic E-state index is 12.2. The van der Waals surface area contributed by atoms with E-state index in [0.29, 0.717) is 16.6 Å². The van der Waals surface area contributed by atoms with Gasteiger partial charge in [0.2, 0.25) is 5.91 Å². The monoisotopic (exact) mass is 394 g/mol. The van der Waals surface area contributed by atoms with Crippen LogP contribution in [0.25, 0.3) is 11.0 Å². The third kappa shape index (κ3) is 4.95. The van der Waals surface area contributed by atoms with Gasteiger partial charge in [0.1, 0.15) is 5.69 Å². The first-order chi connectivity index (χ1) is 13.9. The molecule has 2 heterocycles. The molecule has 0 spiro atoms. The summed E-state index contributed by atoms with van der Waals surface area (Å²) in [6.45, 7) is 0.493. The van der Waals surface area contributed by atoms with Crippen LogP contribution in [-0.2, 0) is 0 Å². The van der Waals surface area contributed by atoms with Gasteiger partial charge in [-0.1, -0.05) is 12.2 Å². The van der Waals surface area contributed by atoms with Crippen molar-refractivity contribution < 1.29 is 14.4 Å². The second-order valence-electron chi connectivity index (χ2n) is 6.04. The Labute approximate surface area is 164 Å². The molecule has 3 amide bonds. The van der Waals surface area contributed by atoms with Crippen molar-refractivity contribution in [3.05, 3.63) is 76.0 Å². The van der Waals surface area contributed by atoms with Crippen molar-refractivity contribution in [3.63, 3.8) is 0 Å². The molecular weight excluding hydrogens is 376 g/mol. The van der Waals surface area contributed by atoms with Gasteiger partial charge in [-0.2, -0.15) is 0 Å². The predicted octanol–water partition coefficient (Wildman–Crippen LogP) is 0.0661. The van der Waals surface area contributed by atoms with Crippen molar-refractivity contribution in [2.24, 2.45) is 5.73 Å². The summed E-state index contributed by atoms with van der Waals surface area (Å²) in [5.74, 6) is -1.31. The largest absolute Gasteiger partial charge is 0.366 e. The maximum atomic E-state index is 12.2. The molecule has 29 heavy (non-hydrogen) atoms. The molecular formula is C19H18N6O4. The number of benzene rings is 1. The van der Waals surface area contributed by atoms with E-state index in [2.05, 4.69) is 25.6 Å². The minimum absolute atomic E-state index is 0.224. The number of carbonyl (C=O) groups is 3. The summed E-state index contributed by atoms with van der Waals surface area (Å²) in [6, 6.07) is 6.19. The molecule has 10 heteroatoms. The van der Waals surface area contributed by atoms with Gasteiger partial charge in [0, 0.05) is 24.8 Å². The lowest BCUT2D eigenvalue weighted by molar-refractivity contribution is 0.0946. The average Bonchev–Trinajstić information content (AvgIpc) is 3.20. The highest BCUT2D eigenvalue weighted by Crippen LogP contribution is 2.09. The van der Waals surface area contributed by atoms with E-state index in [-0.39, 0.29) is 41.7 Å². The molecule has 148 valence electrons. The van der Waals surface area contributed by atoms with Crippen LogP contribution in [0.4, 0.5) is 0 Å². The Hall–Kier alpha value is -4.21. The van der Waals surface area contributed by atoms with Crippen LogP contribution in [-0.4, -0.2) is 45.8 Å². The fourth-order valence-corrected chi connectivity index (χ4v) is 2.52. The zero-order chi connectivity index (χ0) is 20.8. The fourth-order valence-electron chi connectivity index (χ4n) is 2.52. The maximum Gasteiger partial charge on any atom is 0.267 e. The number of carbonyl (C=O) groups excluding carboxylic acids is 3. The van der Waals surface area contributed by atoms with E-state index in [1.807, 2.05) is 0 Å². The number of hydrogen-bond donors (Lipinski definition) is 5. The number of H-pyrrole nitrogens is 2. The lowest BCUT2D eigenvalue weighted by Gasteiger charge is -2.04. The molecule has 0 radical (unpaired) electrons. The van der Waals surface area contributed by atoms with Crippen molar-refractivity contribution >= 4 is 28.8 Å². The quantitative estimate of drug-likeness (QED) is 0.357. The van der Waals surface area contributed by atoms with Gasteiger partial charge in [-0.15, -0.1) is 0 Å². The molecule has 10 nitrogen and oxygen atoms in total. The second-order valence-corrected chi connectivity index (χ2v) is 6.04. The first kappa shape index (κ1) is 19.5. The average molecular weight is 394 g/mol. The highest BCUT2D eigenvalue weighted by molar-refractivity contribution is 5.98. The number of aromatic nitrogens is 3. The molecule has 3 rings (SSSR count). The fraction of sp³-hybridized carbons (Fsp3) is 0.105. The number of fused-ring (bicyclic) bond motifs is 1. The van der Waals surface area contributed by atoms with Crippen LogP contribution >= 0.6 is 0 Å². The standard InChI is InChI=1S/C19H18N6O4/c20-17(27)12-8-15(23-9-12)19(29)22-6-2-1-5-21-18(28)11-3-4-13-14(7-11)25-16(26)10-24-13/h1-4,7-10,23H,5-6H2,(H2,20,27)(H,21,28)(H,22,29)(H,25,26)/b2-1+. The Morgan fingerprint density at radius 1 is 1.03 bits per heavy atom. The van der Waals surface area contributed by atoms with Gasteiger partial charge in [-0.05, 0) is 24.3 Å². The Morgan fingerprint density at radius 2 is 1.76 bits per heavy atom. The number of primary amides is 1. The SMILES string of the molecule is NC(=O)c1c[nH]c(C(=O)NC/C=C/CNC(=O)c2ccc3ncc(=O)[nH]c3c2)c1. The molecule has 1 aromatic carbocycles. The Kier molecular flexibility index (Phi) is 5.83. The topological polar surface area (TPSA) is 163 Å². The Balaban J connectivity index is 1.46. The summed E-state index contributed by atoms with van der Waals surface area (Å²) in [6.07, 6.45) is 5.91. The summed E-state index contributed by atoms with van der Waals surface area (Å²) in [7, 11) is 0. The number of nitrogens with one attached hydrogen (secondary N) is 4. The van der Waals surface area contributed by atoms with Crippen molar-refractivity contribution in [1.29, 1.82) is 0 Å². The smallest absolute Gasteiger partial charge is 0.267 e. The summed E-state index contributed by atoms with van der Waals surface area (Å²) < 4.78 is 0. The van der Waals surface area contributed by atoms with E-state index in [9.17, 15) is 19.2 Å². The predicted molar refractivity (Wildman–Crippen MR) is 105 cm³/mol. The van der Waals surface area contributed by atoms with E-state index in [1.54, 1.807) is 30.4 Å². The minimum atomic E-state index is -0.620. The Bertz CT molecular complexity index is 1160. The van der Waals surface area contributed by atoms with Crippen LogP contribution < -0.4 is 21.9 Å². The number of hydrogen-bond acceptors (Lipinski definition) is 5. The summed E-state index contributed by atoms with van der Waals surface area (Å²) >= 11 is 0. The number of nitrogens with zero attached hydrogens (tertiary/aromatic N) is 1. The van der Waals surface area contributed by atoms with Gasteiger partial charge in [-0.3, -0.25) is 19.2 Å².